The molecule has 2 rings (SSSR count). The summed E-state index contributed by atoms with van der Waals surface area (Å²) < 4.78 is 1.08. The summed E-state index contributed by atoms with van der Waals surface area (Å²) in [5.74, 6) is -0.129. The number of hydrogen-bond donors (Lipinski definition) is 1. The second-order valence-electron chi connectivity index (χ2n) is 3.93. The molecule has 0 unspecified atom stereocenters. The van der Waals surface area contributed by atoms with Crippen molar-refractivity contribution in [3.05, 3.63) is 62.2 Å². The molecule has 18 heavy (non-hydrogen) atoms. The van der Waals surface area contributed by atoms with Crippen molar-refractivity contribution in [3.63, 3.8) is 0 Å². The van der Waals surface area contributed by atoms with Crippen LogP contribution in [0.15, 0.2) is 42.5 Å². The van der Waals surface area contributed by atoms with Gasteiger partial charge < -0.3 is 5.32 Å². The molecule has 0 aliphatic carbocycles. The number of halogens is 2. The van der Waals surface area contributed by atoms with E-state index in [9.17, 15) is 4.79 Å². The van der Waals surface area contributed by atoms with E-state index in [2.05, 4.69) is 27.9 Å². The lowest BCUT2D eigenvalue weighted by Crippen LogP contribution is -2.12. The molecule has 1 N–H and O–H groups in total. The number of anilines is 1. The molecule has 0 radical (unpaired) electrons. The maximum absolute atomic E-state index is 12.0. The van der Waals surface area contributed by atoms with Crippen LogP contribution < -0.4 is 5.32 Å². The van der Waals surface area contributed by atoms with Crippen LogP contribution in [0.5, 0.6) is 0 Å². The van der Waals surface area contributed by atoms with E-state index >= 15 is 0 Å². The van der Waals surface area contributed by atoms with E-state index in [1.54, 1.807) is 18.2 Å². The average Bonchev–Trinajstić information content (AvgIpc) is 2.32. The number of rotatable bonds is 2. The van der Waals surface area contributed by atoms with Gasteiger partial charge >= 0.3 is 0 Å². The van der Waals surface area contributed by atoms with Crippen molar-refractivity contribution in [2.24, 2.45) is 0 Å². The molecule has 2 aromatic carbocycles. The number of benzene rings is 2. The largest absolute Gasteiger partial charge is 0.322 e. The first kappa shape index (κ1) is 13.4. The molecule has 0 aliphatic rings. The number of amides is 1. The Bertz CT molecular complexity index is 598. The molecule has 0 saturated carbocycles. The topological polar surface area (TPSA) is 29.1 Å². The average molecular weight is 372 g/mol. The van der Waals surface area contributed by atoms with Crippen LogP contribution in [-0.2, 0) is 0 Å². The summed E-state index contributed by atoms with van der Waals surface area (Å²) in [6, 6.07) is 12.7. The zero-order chi connectivity index (χ0) is 13.1. The molecule has 0 heterocycles. The molecule has 0 bridgehead atoms. The molecule has 2 aromatic rings. The molecule has 0 saturated heterocycles. The van der Waals surface area contributed by atoms with E-state index in [0.29, 0.717) is 16.3 Å². The van der Waals surface area contributed by atoms with Crippen LogP contribution in [0.3, 0.4) is 0 Å². The summed E-state index contributed by atoms with van der Waals surface area (Å²) in [5.41, 5.74) is 2.50. The zero-order valence-corrected chi connectivity index (χ0v) is 12.6. The first-order chi connectivity index (χ1) is 8.56. The van der Waals surface area contributed by atoms with Gasteiger partial charge in [0.1, 0.15) is 0 Å². The highest BCUT2D eigenvalue weighted by molar-refractivity contribution is 14.1. The second-order valence-corrected chi connectivity index (χ2v) is 5.53. The molecule has 0 fully saturated rings. The Hall–Kier alpha value is -1.07. The second kappa shape index (κ2) is 5.71. The Kier molecular flexibility index (Phi) is 4.24. The third-order valence-corrected chi connectivity index (χ3v) is 3.91. The highest BCUT2D eigenvalue weighted by Gasteiger charge is 2.07. The number of carbonyl (C=O) groups is 1. The van der Waals surface area contributed by atoms with Crippen LogP contribution in [0.25, 0.3) is 0 Å². The van der Waals surface area contributed by atoms with Crippen molar-refractivity contribution >= 4 is 45.8 Å². The first-order valence-electron chi connectivity index (χ1n) is 5.39. The summed E-state index contributed by atoms with van der Waals surface area (Å²) >= 11 is 8.09. The minimum absolute atomic E-state index is 0.129. The molecule has 1 amide bonds. The third kappa shape index (κ3) is 3.23. The van der Waals surface area contributed by atoms with Crippen molar-refractivity contribution in [3.8, 4) is 0 Å². The summed E-state index contributed by atoms with van der Waals surface area (Å²) in [5, 5.41) is 3.42. The van der Waals surface area contributed by atoms with E-state index in [0.717, 1.165) is 9.13 Å². The lowest BCUT2D eigenvalue weighted by Gasteiger charge is -2.07. The Morgan fingerprint density at radius 1 is 1.22 bits per heavy atom. The minimum atomic E-state index is -0.129. The van der Waals surface area contributed by atoms with Gasteiger partial charge in [-0.05, 0) is 65.4 Å². The quantitative estimate of drug-likeness (QED) is 0.774. The smallest absolute Gasteiger partial charge is 0.255 e. The lowest BCUT2D eigenvalue weighted by atomic mass is 10.1. The summed E-state index contributed by atoms with van der Waals surface area (Å²) in [4.78, 5) is 12.0. The van der Waals surface area contributed by atoms with E-state index < -0.39 is 0 Å². The van der Waals surface area contributed by atoms with Crippen LogP contribution in [0, 0.1) is 10.5 Å². The van der Waals surface area contributed by atoms with E-state index in [1.165, 1.54) is 0 Å². The van der Waals surface area contributed by atoms with Crippen LogP contribution >= 0.6 is 34.2 Å². The minimum Gasteiger partial charge on any atom is -0.322 e. The fourth-order valence-electron chi connectivity index (χ4n) is 1.50. The SMILES string of the molecule is Cc1ccc(C(=O)Nc2cccc(Cl)c2)cc1I. The summed E-state index contributed by atoms with van der Waals surface area (Å²) in [7, 11) is 0. The molecule has 0 spiro atoms. The van der Waals surface area contributed by atoms with Gasteiger partial charge in [-0.25, -0.2) is 0 Å². The molecule has 2 nitrogen and oxygen atoms in total. The Balaban J connectivity index is 2.19. The predicted octanol–water partition coefficient (Wildman–Crippen LogP) is 4.51. The molecule has 92 valence electrons. The first-order valence-corrected chi connectivity index (χ1v) is 6.85. The van der Waals surface area contributed by atoms with Crippen LogP contribution in [-0.4, -0.2) is 5.91 Å². The molecular formula is C14H11ClINO. The van der Waals surface area contributed by atoms with Gasteiger partial charge in [0.2, 0.25) is 0 Å². The summed E-state index contributed by atoms with van der Waals surface area (Å²) in [6.07, 6.45) is 0. The third-order valence-electron chi connectivity index (χ3n) is 2.52. The normalized spacial score (nSPS) is 10.2. The van der Waals surface area contributed by atoms with E-state index in [4.69, 9.17) is 11.6 Å². The van der Waals surface area contributed by atoms with E-state index in [-0.39, 0.29) is 5.91 Å². The van der Waals surface area contributed by atoms with Crippen molar-refractivity contribution < 1.29 is 4.79 Å². The van der Waals surface area contributed by atoms with Crippen molar-refractivity contribution in [2.75, 3.05) is 5.32 Å². The van der Waals surface area contributed by atoms with Gasteiger partial charge in [-0.3, -0.25) is 4.79 Å². The summed E-state index contributed by atoms with van der Waals surface area (Å²) in [6.45, 7) is 2.01. The van der Waals surface area contributed by atoms with Gasteiger partial charge in [0, 0.05) is 19.8 Å². The standard InChI is InChI=1S/C14H11ClINO/c1-9-5-6-10(7-13(9)16)14(18)17-12-4-2-3-11(15)8-12/h2-8H,1H3,(H,17,18). The molecule has 0 aromatic heterocycles. The zero-order valence-electron chi connectivity index (χ0n) is 9.71. The van der Waals surface area contributed by atoms with Gasteiger partial charge in [0.05, 0.1) is 0 Å². The highest BCUT2D eigenvalue weighted by atomic mass is 127. The molecule has 4 heteroatoms. The maximum atomic E-state index is 12.0. The van der Waals surface area contributed by atoms with Crippen LogP contribution in [0.2, 0.25) is 5.02 Å². The van der Waals surface area contributed by atoms with Crippen LogP contribution in [0.4, 0.5) is 5.69 Å². The fourth-order valence-corrected chi connectivity index (χ4v) is 2.21. The van der Waals surface area contributed by atoms with Gasteiger partial charge in [0.25, 0.3) is 5.91 Å². The van der Waals surface area contributed by atoms with Crippen molar-refractivity contribution in [1.82, 2.24) is 0 Å². The van der Waals surface area contributed by atoms with Gasteiger partial charge in [0.15, 0.2) is 0 Å². The number of nitrogens with one attached hydrogen (secondary N) is 1. The molecule has 0 aliphatic heterocycles. The number of carbonyl (C=O) groups excluding carboxylic acids is 1. The van der Waals surface area contributed by atoms with Gasteiger partial charge in [-0.2, -0.15) is 0 Å². The number of aryl methyl sites for hydroxylation is 1. The Morgan fingerprint density at radius 3 is 2.67 bits per heavy atom. The lowest BCUT2D eigenvalue weighted by molar-refractivity contribution is 0.102. The van der Waals surface area contributed by atoms with Crippen molar-refractivity contribution in [2.45, 2.75) is 6.92 Å². The van der Waals surface area contributed by atoms with Crippen molar-refractivity contribution in [1.29, 1.82) is 0 Å². The monoisotopic (exact) mass is 371 g/mol. The van der Waals surface area contributed by atoms with Crippen LogP contribution in [0.1, 0.15) is 15.9 Å². The Morgan fingerprint density at radius 2 is 2.00 bits per heavy atom. The fraction of sp³-hybridized carbons (Fsp3) is 0.0714. The maximum Gasteiger partial charge on any atom is 0.255 e. The number of hydrogen-bond acceptors (Lipinski definition) is 1. The van der Waals surface area contributed by atoms with E-state index in [1.807, 2.05) is 31.2 Å². The molecule has 0 atom stereocenters. The Labute approximate surface area is 124 Å². The predicted molar refractivity (Wildman–Crippen MR) is 83.3 cm³/mol. The molecular weight excluding hydrogens is 361 g/mol. The van der Waals surface area contributed by atoms with Gasteiger partial charge in [-0.1, -0.05) is 23.7 Å². The highest BCUT2D eigenvalue weighted by Crippen LogP contribution is 2.17. The van der Waals surface area contributed by atoms with Gasteiger partial charge in [-0.15, -0.1) is 0 Å².